The highest BCUT2D eigenvalue weighted by molar-refractivity contribution is 6.30. The van der Waals surface area contributed by atoms with Crippen molar-refractivity contribution in [3.05, 3.63) is 29.0 Å². The van der Waals surface area contributed by atoms with Gasteiger partial charge in [-0.2, -0.15) is 0 Å². The molecule has 1 aliphatic heterocycles. The molecule has 4 nitrogen and oxygen atoms in total. The van der Waals surface area contributed by atoms with Crippen LogP contribution in [0.2, 0.25) is 5.02 Å². The Kier molecular flexibility index (Phi) is 4.77. The average Bonchev–Trinajstić information content (AvgIpc) is 2.85. The molecule has 5 heteroatoms. The lowest BCUT2D eigenvalue weighted by atomic mass is 10.2. The number of halogens is 1. The zero-order valence-corrected chi connectivity index (χ0v) is 12.2. The van der Waals surface area contributed by atoms with Crippen LogP contribution in [0.25, 0.3) is 0 Å². The van der Waals surface area contributed by atoms with E-state index in [0.717, 1.165) is 26.1 Å². The van der Waals surface area contributed by atoms with Crippen LogP contribution in [-0.4, -0.2) is 53.4 Å². The number of likely N-dealkylation sites (tertiary alicyclic amines) is 1. The van der Waals surface area contributed by atoms with E-state index >= 15 is 0 Å². The third-order valence-electron chi connectivity index (χ3n) is 3.68. The number of amides is 1. The summed E-state index contributed by atoms with van der Waals surface area (Å²) in [6.45, 7) is 5.10. The Morgan fingerprint density at radius 1 is 1.63 bits per heavy atom. The topological polar surface area (TPSA) is 36.4 Å². The molecule has 0 bridgehead atoms. The van der Waals surface area contributed by atoms with Gasteiger partial charge in [0.1, 0.15) is 5.69 Å². The molecule has 1 unspecified atom stereocenters. The van der Waals surface area contributed by atoms with Crippen molar-refractivity contribution in [3.63, 3.8) is 0 Å². The summed E-state index contributed by atoms with van der Waals surface area (Å²) in [5, 5.41) is 0.544. The zero-order valence-electron chi connectivity index (χ0n) is 11.5. The first-order chi connectivity index (χ1) is 9.11. The fraction of sp³-hybridized carbons (Fsp3) is 0.571. The molecule has 0 spiro atoms. The number of hydrogen-bond acceptors (Lipinski definition) is 3. The molecule has 0 saturated carbocycles. The van der Waals surface area contributed by atoms with E-state index < -0.39 is 0 Å². The Morgan fingerprint density at radius 3 is 3.11 bits per heavy atom. The second kappa shape index (κ2) is 6.35. The maximum atomic E-state index is 12.3. The monoisotopic (exact) mass is 281 g/mol. The average molecular weight is 282 g/mol. The standard InChI is InChI=1S/C14H20ClN3O/c1-3-18-8-4-5-12(18)10-17(2)14(19)13-9-11(15)6-7-16-13/h6-7,9,12H,3-5,8,10H2,1-2H3. The van der Waals surface area contributed by atoms with Gasteiger partial charge >= 0.3 is 0 Å². The SMILES string of the molecule is CCN1CCCC1CN(C)C(=O)c1cc(Cl)ccn1. The van der Waals surface area contributed by atoms with Crippen LogP contribution in [0.1, 0.15) is 30.3 Å². The molecule has 1 aromatic rings. The van der Waals surface area contributed by atoms with Gasteiger partial charge in [-0.05, 0) is 38.1 Å². The van der Waals surface area contributed by atoms with Crippen molar-refractivity contribution in [1.29, 1.82) is 0 Å². The molecule has 1 atom stereocenters. The van der Waals surface area contributed by atoms with Gasteiger partial charge in [0.2, 0.25) is 0 Å². The maximum absolute atomic E-state index is 12.3. The Balaban J connectivity index is 1.99. The summed E-state index contributed by atoms with van der Waals surface area (Å²) in [7, 11) is 1.83. The van der Waals surface area contributed by atoms with Crippen molar-refractivity contribution in [1.82, 2.24) is 14.8 Å². The van der Waals surface area contributed by atoms with E-state index in [1.165, 1.54) is 6.42 Å². The minimum absolute atomic E-state index is 0.0644. The predicted octanol–water partition coefficient (Wildman–Crippen LogP) is 2.29. The summed E-state index contributed by atoms with van der Waals surface area (Å²) in [5.74, 6) is -0.0644. The third-order valence-corrected chi connectivity index (χ3v) is 3.91. The van der Waals surface area contributed by atoms with Crippen molar-refractivity contribution in [2.24, 2.45) is 0 Å². The summed E-state index contributed by atoms with van der Waals surface area (Å²) in [6.07, 6.45) is 3.95. The molecule has 0 radical (unpaired) electrons. The largest absolute Gasteiger partial charge is 0.339 e. The number of nitrogens with zero attached hydrogens (tertiary/aromatic N) is 3. The van der Waals surface area contributed by atoms with Gasteiger partial charge in [-0.3, -0.25) is 14.7 Å². The second-order valence-corrected chi connectivity index (χ2v) is 5.41. The highest BCUT2D eigenvalue weighted by Crippen LogP contribution is 2.18. The van der Waals surface area contributed by atoms with Crippen LogP contribution in [-0.2, 0) is 0 Å². The van der Waals surface area contributed by atoms with Gasteiger partial charge in [0.25, 0.3) is 5.91 Å². The molecule has 1 amide bonds. The number of rotatable bonds is 4. The molecule has 104 valence electrons. The van der Waals surface area contributed by atoms with Gasteiger partial charge < -0.3 is 4.90 Å². The minimum Gasteiger partial charge on any atom is -0.339 e. The van der Waals surface area contributed by atoms with Crippen molar-refractivity contribution in [2.45, 2.75) is 25.8 Å². The van der Waals surface area contributed by atoms with E-state index in [4.69, 9.17) is 11.6 Å². The molecule has 2 heterocycles. The van der Waals surface area contributed by atoms with Crippen molar-refractivity contribution in [3.8, 4) is 0 Å². The highest BCUT2D eigenvalue weighted by Gasteiger charge is 2.26. The van der Waals surface area contributed by atoms with E-state index in [-0.39, 0.29) is 5.91 Å². The first kappa shape index (κ1) is 14.3. The first-order valence-corrected chi connectivity index (χ1v) is 7.10. The molecule has 0 aromatic carbocycles. The molecular formula is C14H20ClN3O. The van der Waals surface area contributed by atoms with Crippen LogP contribution in [0, 0.1) is 0 Å². The fourth-order valence-electron chi connectivity index (χ4n) is 2.63. The quantitative estimate of drug-likeness (QED) is 0.850. The number of carbonyl (C=O) groups excluding carboxylic acids is 1. The smallest absolute Gasteiger partial charge is 0.272 e. The number of likely N-dealkylation sites (N-methyl/N-ethyl adjacent to an activating group) is 2. The van der Waals surface area contributed by atoms with Gasteiger partial charge in [0.05, 0.1) is 0 Å². The van der Waals surface area contributed by atoms with Gasteiger partial charge in [-0.15, -0.1) is 0 Å². The molecule has 0 aliphatic carbocycles. The van der Waals surface area contributed by atoms with Crippen LogP contribution < -0.4 is 0 Å². The molecule has 2 rings (SSSR count). The molecule has 1 aromatic heterocycles. The number of pyridine rings is 1. The van der Waals surface area contributed by atoms with Crippen LogP contribution in [0.4, 0.5) is 0 Å². The van der Waals surface area contributed by atoms with E-state index in [9.17, 15) is 4.79 Å². The molecular weight excluding hydrogens is 262 g/mol. The summed E-state index contributed by atoms with van der Waals surface area (Å²) < 4.78 is 0. The summed E-state index contributed by atoms with van der Waals surface area (Å²) in [4.78, 5) is 20.5. The van der Waals surface area contributed by atoms with E-state index in [2.05, 4.69) is 16.8 Å². The Morgan fingerprint density at radius 2 is 2.42 bits per heavy atom. The summed E-state index contributed by atoms with van der Waals surface area (Å²) >= 11 is 5.89. The van der Waals surface area contributed by atoms with Gasteiger partial charge in [0, 0.05) is 30.9 Å². The van der Waals surface area contributed by atoms with E-state index in [0.29, 0.717) is 16.8 Å². The molecule has 1 saturated heterocycles. The van der Waals surface area contributed by atoms with Gasteiger partial charge in [-0.25, -0.2) is 0 Å². The van der Waals surface area contributed by atoms with Gasteiger partial charge in [-0.1, -0.05) is 18.5 Å². The van der Waals surface area contributed by atoms with Crippen molar-refractivity contribution >= 4 is 17.5 Å². The van der Waals surface area contributed by atoms with E-state index in [1.54, 1.807) is 23.2 Å². The lowest BCUT2D eigenvalue weighted by Crippen LogP contribution is -2.41. The molecule has 1 aliphatic rings. The van der Waals surface area contributed by atoms with Crippen LogP contribution in [0.15, 0.2) is 18.3 Å². The van der Waals surface area contributed by atoms with Gasteiger partial charge in [0.15, 0.2) is 0 Å². The van der Waals surface area contributed by atoms with Crippen LogP contribution in [0.5, 0.6) is 0 Å². The lowest BCUT2D eigenvalue weighted by Gasteiger charge is -2.27. The Bertz CT molecular complexity index is 452. The minimum atomic E-state index is -0.0644. The third kappa shape index (κ3) is 3.45. The lowest BCUT2D eigenvalue weighted by molar-refractivity contribution is 0.0749. The Hall–Kier alpha value is -1.13. The second-order valence-electron chi connectivity index (χ2n) is 4.97. The number of carbonyl (C=O) groups is 1. The fourth-order valence-corrected chi connectivity index (χ4v) is 2.79. The van der Waals surface area contributed by atoms with Crippen molar-refractivity contribution in [2.75, 3.05) is 26.7 Å². The first-order valence-electron chi connectivity index (χ1n) is 6.73. The maximum Gasteiger partial charge on any atom is 0.272 e. The molecule has 19 heavy (non-hydrogen) atoms. The summed E-state index contributed by atoms with van der Waals surface area (Å²) in [6, 6.07) is 3.76. The predicted molar refractivity (Wildman–Crippen MR) is 76.5 cm³/mol. The number of aromatic nitrogens is 1. The molecule has 0 N–H and O–H groups in total. The highest BCUT2D eigenvalue weighted by atomic mass is 35.5. The molecule has 1 fully saturated rings. The normalized spacial score (nSPS) is 19.6. The summed E-state index contributed by atoms with van der Waals surface area (Å²) in [5.41, 5.74) is 0.413. The Labute approximate surface area is 119 Å². The van der Waals surface area contributed by atoms with Crippen molar-refractivity contribution < 1.29 is 4.79 Å². The van der Waals surface area contributed by atoms with E-state index in [1.807, 2.05) is 7.05 Å². The zero-order chi connectivity index (χ0) is 13.8. The number of hydrogen-bond donors (Lipinski definition) is 0. The van der Waals surface area contributed by atoms with Crippen LogP contribution in [0.3, 0.4) is 0 Å². The van der Waals surface area contributed by atoms with Crippen LogP contribution >= 0.6 is 11.6 Å².